The topological polar surface area (TPSA) is 86.3 Å². The molecule has 1 rings (SSSR count). The van der Waals surface area contributed by atoms with Crippen LogP contribution in [-0.4, -0.2) is 21.1 Å². The predicted molar refractivity (Wildman–Crippen MR) is 47.2 cm³/mol. The van der Waals surface area contributed by atoms with Crippen molar-refractivity contribution in [3.63, 3.8) is 0 Å². The first-order chi connectivity index (χ1) is 6.66. The Kier molecular flexibility index (Phi) is 3.49. The van der Waals surface area contributed by atoms with Gasteiger partial charge in [0.15, 0.2) is 0 Å². The van der Waals surface area contributed by atoms with E-state index >= 15 is 0 Å². The zero-order chi connectivity index (χ0) is 10.6. The fourth-order valence-corrected chi connectivity index (χ4v) is 1.46. The van der Waals surface area contributed by atoms with E-state index in [4.69, 9.17) is 0 Å². The van der Waals surface area contributed by atoms with Crippen molar-refractivity contribution >= 4 is 23.4 Å². The molecular weight excluding hydrogens is 206 g/mol. The van der Waals surface area contributed by atoms with E-state index < -0.39 is 17.0 Å². The van der Waals surface area contributed by atoms with E-state index in [1.165, 1.54) is 24.3 Å². The van der Waals surface area contributed by atoms with Crippen LogP contribution in [0.1, 0.15) is 10.4 Å². The Morgan fingerprint density at radius 3 is 2.64 bits per heavy atom. The average molecular weight is 212 g/mol. The molecule has 74 valence electrons. The predicted octanol–water partition coefficient (Wildman–Crippen LogP) is -0.189. The first-order valence-electron chi connectivity index (χ1n) is 3.59. The zero-order valence-corrected chi connectivity index (χ0v) is 7.74. The largest absolute Gasteiger partial charge is 0.768 e. The minimum absolute atomic E-state index is 0.0482. The summed E-state index contributed by atoms with van der Waals surface area (Å²) in [5.74, 6) is -0.736. The molecule has 0 aromatic heterocycles. The van der Waals surface area contributed by atoms with Crippen molar-refractivity contribution in [1.82, 2.24) is 5.32 Å². The molecule has 1 aromatic rings. The molecule has 0 heterocycles. The van der Waals surface area contributed by atoms with Crippen molar-refractivity contribution in [3.05, 3.63) is 29.8 Å². The summed E-state index contributed by atoms with van der Waals surface area (Å²) in [5.41, 5.74) is -0.0482. The van der Waals surface area contributed by atoms with E-state index in [1.807, 2.05) is 5.32 Å². The highest BCUT2D eigenvalue weighted by Crippen LogP contribution is 2.11. The highest BCUT2D eigenvalue weighted by molar-refractivity contribution is 7.79. The fraction of sp³-hybridized carbons (Fsp3) is 0. The maximum absolute atomic E-state index is 11.2. The minimum Gasteiger partial charge on any atom is -0.768 e. The van der Waals surface area contributed by atoms with Gasteiger partial charge in [0, 0.05) is 4.90 Å². The summed E-state index contributed by atoms with van der Waals surface area (Å²) in [7, 11) is 0. The number of carbonyl (C=O) groups excluding carboxylic acids is 2. The third-order valence-electron chi connectivity index (χ3n) is 1.50. The molecule has 0 radical (unpaired) electrons. The SMILES string of the molecule is O=CNC(=O)c1ccccc1S(=O)[O-]. The maximum atomic E-state index is 11.2. The quantitative estimate of drug-likeness (QED) is 0.555. The van der Waals surface area contributed by atoms with Gasteiger partial charge < -0.3 is 4.55 Å². The van der Waals surface area contributed by atoms with Gasteiger partial charge in [0.2, 0.25) is 6.41 Å². The lowest BCUT2D eigenvalue weighted by atomic mass is 10.2. The van der Waals surface area contributed by atoms with Crippen LogP contribution in [0.3, 0.4) is 0 Å². The van der Waals surface area contributed by atoms with Crippen LogP contribution in [0.25, 0.3) is 0 Å². The van der Waals surface area contributed by atoms with Gasteiger partial charge in [0.1, 0.15) is 0 Å². The average Bonchev–Trinajstić information content (AvgIpc) is 2.18. The number of rotatable bonds is 3. The highest BCUT2D eigenvalue weighted by Gasteiger charge is 2.09. The van der Waals surface area contributed by atoms with E-state index in [0.717, 1.165) is 0 Å². The number of hydrogen-bond acceptors (Lipinski definition) is 4. The van der Waals surface area contributed by atoms with Gasteiger partial charge in [-0.3, -0.25) is 19.1 Å². The molecule has 1 aromatic carbocycles. The molecule has 0 aliphatic carbocycles. The molecule has 0 aliphatic heterocycles. The van der Waals surface area contributed by atoms with Crippen LogP contribution in [0.5, 0.6) is 0 Å². The molecule has 0 saturated carbocycles. The van der Waals surface area contributed by atoms with E-state index in [1.54, 1.807) is 0 Å². The summed E-state index contributed by atoms with van der Waals surface area (Å²) in [6, 6.07) is 5.60. The molecule has 0 spiro atoms. The van der Waals surface area contributed by atoms with Gasteiger partial charge in [-0.15, -0.1) is 0 Å². The van der Waals surface area contributed by atoms with Crippen LogP contribution < -0.4 is 5.32 Å². The van der Waals surface area contributed by atoms with Gasteiger partial charge in [0.05, 0.1) is 5.56 Å². The standard InChI is InChI=1S/C8H7NO4S/c10-5-9-8(11)6-3-1-2-4-7(6)14(12)13/h1-5H,(H,12,13)(H,9,10,11)/p-1. The number of imide groups is 1. The summed E-state index contributed by atoms with van der Waals surface area (Å²) in [5, 5.41) is 1.86. The van der Waals surface area contributed by atoms with Crippen molar-refractivity contribution in [2.45, 2.75) is 4.90 Å². The molecular formula is C8H6NO4S-. The zero-order valence-electron chi connectivity index (χ0n) is 6.93. The fourth-order valence-electron chi connectivity index (χ4n) is 0.931. The molecule has 1 unspecified atom stereocenters. The summed E-state index contributed by atoms with van der Waals surface area (Å²) in [6.07, 6.45) is 0.201. The highest BCUT2D eigenvalue weighted by atomic mass is 32.2. The monoisotopic (exact) mass is 212 g/mol. The Morgan fingerprint density at radius 2 is 2.07 bits per heavy atom. The molecule has 0 aliphatic rings. The second-order valence-corrected chi connectivity index (χ2v) is 3.23. The third-order valence-corrected chi connectivity index (χ3v) is 2.22. The lowest BCUT2D eigenvalue weighted by molar-refractivity contribution is -0.108. The van der Waals surface area contributed by atoms with Gasteiger partial charge in [0.25, 0.3) is 5.91 Å². The number of hydrogen-bond donors (Lipinski definition) is 1. The van der Waals surface area contributed by atoms with Gasteiger partial charge in [-0.25, -0.2) is 0 Å². The number of nitrogens with one attached hydrogen (secondary N) is 1. The summed E-state index contributed by atoms with van der Waals surface area (Å²) in [4.78, 5) is 21.0. The Hall–Kier alpha value is -1.53. The number of carbonyl (C=O) groups is 2. The van der Waals surface area contributed by atoms with Crippen LogP contribution in [0.4, 0.5) is 0 Å². The molecule has 0 bridgehead atoms. The van der Waals surface area contributed by atoms with Crippen LogP contribution in [0, 0.1) is 0 Å². The number of amides is 2. The lowest BCUT2D eigenvalue weighted by Crippen LogP contribution is -2.22. The molecule has 2 amide bonds. The smallest absolute Gasteiger partial charge is 0.258 e. The Labute approximate surface area is 82.4 Å². The Balaban J connectivity index is 3.12. The molecule has 5 nitrogen and oxygen atoms in total. The minimum atomic E-state index is -2.49. The van der Waals surface area contributed by atoms with Crippen LogP contribution in [0.2, 0.25) is 0 Å². The van der Waals surface area contributed by atoms with Gasteiger partial charge in [-0.05, 0) is 23.2 Å². The van der Waals surface area contributed by atoms with E-state index in [0.29, 0.717) is 0 Å². The Bertz CT molecular complexity index is 391. The first-order valence-corrected chi connectivity index (χ1v) is 4.67. The van der Waals surface area contributed by atoms with Gasteiger partial charge in [-0.2, -0.15) is 0 Å². The van der Waals surface area contributed by atoms with Crippen LogP contribution in [0.15, 0.2) is 29.2 Å². The van der Waals surface area contributed by atoms with Crippen molar-refractivity contribution in [2.75, 3.05) is 0 Å². The first kappa shape index (κ1) is 10.6. The summed E-state index contributed by atoms with van der Waals surface area (Å²) < 4.78 is 21.3. The normalized spacial score (nSPS) is 11.8. The van der Waals surface area contributed by atoms with Crippen LogP contribution >= 0.6 is 0 Å². The maximum Gasteiger partial charge on any atom is 0.258 e. The molecule has 1 atom stereocenters. The van der Waals surface area contributed by atoms with Crippen molar-refractivity contribution in [2.24, 2.45) is 0 Å². The lowest BCUT2D eigenvalue weighted by Gasteiger charge is -2.09. The van der Waals surface area contributed by atoms with Gasteiger partial charge in [-0.1, -0.05) is 12.1 Å². The second kappa shape index (κ2) is 4.64. The van der Waals surface area contributed by atoms with E-state index in [-0.39, 0.29) is 16.9 Å². The van der Waals surface area contributed by atoms with E-state index in [2.05, 4.69) is 0 Å². The molecule has 0 saturated heterocycles. The molecule has 1 N–H and O–H groups in total. The number of benzene rings is 1. The Morgan fingerprint density at radius 1 is 1.43 bits per heavy atom. The second-order valence-electron chi connectivity index (χ2n) is 2.32. The summed E-state index contributed by atoms with van der Waals surface area (Å²) >= 11 is -2.49. The summed E-state index contributed by atoms with van der Waals surface area (Å²) in [6.45, 7) is 0. The van der Waals surface area contributed by atoms with Crippen molar-refractivity contribution in [3.8, 4) is 0 Å². The molecule has 0 fully saturated rings. The van der Waals surface area contributed by atoms with Crippen molar-refractivity contribution < 1.29 is 18.4 Å². The van der Waals surface area contributed by atoms with Crippen molar-refractivity contribution in [1.29, 1.82) is 0 Å². The van der Waals surface area contributed by atoms with E-state index in [9.17, 15) is 18.4 Å². The van der Waals surface area contributed by atoms with Crippen LogP contribution in [-0.2, 0) is 15.9 Å². The third kappa shape index (κ3) is 2.24. The molecule has 14 heavy (non-hydrogen) atoms. The van der Waals surface area contributed by atoms with Gasteiger partial charge >= 0.3 is 0 Å². The molecule has 6 heteroatoms.